The number of anilines is 1. The van der Waals surface area contributed by atoms with Gasteiger partial charge < -0.3 is 15.7 Å². The first-order valence-corrected chi connectivity index (χ1v) is 6.91. The molecule has 1 saturated heterocycles. The van der Waals surface area contributed by atoms with Crippen molar-refractivity contribution in [2.45, 2.75) is 25.7 Å². The van der Waals surface area contributed by atoms with Gasteiger partial charge in [0.05, 0.1) is 5.92 Å². The molecule has 0 saturated carbocycles. The summed E-state index contributed by atoms with van der Waals surface area (Å²) < 4.78 is 0. The number of nitrogens with zero attached hydrogens (tertiary/aromatic N) is 1. The van der Waals surface area contributed by atoms with E-state index in [1.807, 2.05) is 24.3 Å². The third-order valence-electron chi connectivity index (χ3n) is 3.70. The van der Waals surface area contributed by atoms with Gasteiger partial charge in [-0.25, -0.2) is 0 Å². The summed E-state index contributed by atoms with van der Waals surface area (Å²) in [4.78, 5) is 24.8. The number of carbonyl (C=O) groups excluding carboxylic acids is 1. The number of hydrogen-bond acceptors (Lipinski definition) is 3. The minimum absolute atomic E-state index is 0.0263. The van der Waals surface area contributed by atoms with Crippen molar-refractivity contribution >= 4 is 17.6 Å². The molecule has 0 aromatic heterocycles. The fourth-order valence-corrected chi connectivity index (χ4v) is 2.56. The number of nitrogen functional groups attached to an aromatic ring is 1. The minimum Gasteiger partial charge on any atom is -0.481 e. The molecule has 0 radical (unpaired) electrons. The average molecular weight is 276 g/mol. The SMILES string of the molecule is Nc1cccc(CCC(=O)N2CCCC(C(=O)O)C2)c1. The van der Waals surface area contributed by atoms with Crippen LogP contribution in [0.1, 0.15) is 24.8 Å². The van der Waals surface area contributed by atoms with Crippen LogP contribution in [-0.4, -0.2) is 35.0 Å². The van der Waals surface area contributed by atoms with E-state index in [9.17, 15) is 9.59 Å². The predicted octanol–water partition coefficient (Wildman–Crippen LogP) is 1.52. The summed E-state index contributed by atoms with van der Waals surface area (Å²) in [5, 5.41) is 9.02. The van der Waals surface area contributed by atoms with Crippen molar-refractivity contribution in [2.75, 3.05) is 18.8 Å². The molecule has 108 valence electrons. The minimum atomic E-state index is -0.807. The maximum atomic E-state index is 12.1. The van der Waals surface area contributed by atoms with Crippen LogP contribution in [-0.2, 0) is 16.0 Å². The van der Waals surface area contributed by atoms with Crippen molar-refractivity contribution in [1.82, 2.24) is 4.90 Å². The first kappa shape index (κ1) is 14.4. The Morgan fingerprint density at radius 1 is 1.40 bits per heavy atom. The summed E-state index contributed by atoms with van der Waals surface area (Å²) in [5.41, 5.74) is 7.42. The molecule has 2 rings (SSSR count). The molecule has 0 spiro atoms. The van der Waals surface area contributed by atoms with E-state index in [0.29, 0.717) is 38.0 Å². The second kappa shape index (κ2) is 6.41. The highest BCUT2D eigenvalue weighted by Crippen LogP contribution is 2.18. The number of nitrogens with two attached hydrogens (primary N) is 1. The highest BCUT2D eigenvalue weighted by Gasteiger charge is 2.27. The first-order chi connectivity index (χ1) is 9.56. The van der Waals surface area contributed by atoms with Crippen molar-refractivity contribution in [2.24, 2.45) is 5.92 Å². The Bertz CT molecular complexity index is 502. The van der Waals surface area contributed by atoms with Crippen molar-refractivity contribution < 1.29 is 14.7 Å². The lowest BCUT2D eigenvalue weighted by Gasteiger charge is -2.30. The zero-order valence-electron chi connectivity index (χ0n) is 11.4. The van der Waals surface area contributed by atoms with Gasteiger partial charge in [0.15, 0.2) is 0 Å². The van der Waals surface area contributed by atoms with Gasteiger partial charge in [-0.2, -0.15) is 0 Å². The summed E-state index contributed by atoms with van der Waals surface area (Å²) in [7, 11) is 0. The van der Waals surface area contributed by atoms with Crippen LogP contribution < -0.4 is 5.73 Å². The Balaban J connectivity index is 1.87. The molecular weight excluding hydrogens is 256 g/mol. The topological polar surface area (TPSA) is 83.6 Å². The number of aliphatic carboxylic acids is 1. The van der Waals surface area contributed by atoms with E-state index in [-0.39, 0.29) is 5.91 Å². The summed E-state index contributed by atoms with van der Waals surface area (Å²) in [6.07, 6.45) is 2.46. The van der Waals surface area contributed by atoms with Crippen LogP contribution in [0.4, 0.5) is 5.69 Å². The van der Waals surface area contributed by atoms with Gasteiger partial charge in [-0.1, -0.05) is 12.1 Å². The number of likely N-dealkylation sites (tertiary alicyclic amines) is 1. The molecule has 1 heterocycles. The predicted molar refractivity (Wildman–Crippen MR) is 76.1 cm³/mol. The molecular formula is C15H20N2O3. The number of piperidine rings is 1. The van der Waals surface area contributed by atoms with Crippen molar-refractivity contribution in [3.63, 3.8) is 0 Å². The van der Waals surface area contributed by atoms with E-state index >= 15 is 0 Å². The number of amides is 1. The average Bonchev–Trinajstić information content (AvgIpc) is 2.45. The standard InChI is InChI=1S/C15H20N2O3/c16-13-5-1-3-11(9-13)6-7-14(18)17-8-2-4-12(10-17)15(19)20/h1,3,5,9,12H,2,4,6-8,10,16H2,(H,19,20). The fraction of sp³-hybridized carbons (Fsp3) is 0.467. The Morgan fingerprint density at radius 2 is 2.20 bits per heavy atom. The number of carboxylic acids is 1. The van der Waals surface area contributed by atoms with E-state index in [0.717, 1.165) is 12.0 Å². The van der Waals surface area contributed by atoms with E-state index < -0.39 is 11.9 Å². The molecule has 1 fully saturated rings. The number of rotatable bonds is 4. The number of carbonyl (C=O) groups is 2. The van der Waals surface area contributed by atoms with Gasteiger partial charge in [0.1, 0.15) is 0 Å². The Kier molecular flexibility index (Phi) is 4.61. The van der Waals surface area contributed by atoms with E-state index in [1.165, 1.54) is 0 Å². The van der Waals surface area contributed by atoms with E-state index in [2.05, 4.69) is 0 Å². The van der Waals surface area contributed by atoms with Gasteiger partial charge in [-0.05, 0) is 37.0 Å². The maximum Gasteiger partial charge on any atom is 0.308 e. The number of hydrogen-bond donors (Lipinski definition) is 2. The number of aryl methyl sites for hydroxylation is 1. The van der Waals surface area contributed by atoms with Crippen LogP contribution in [0.25, 0.3) is 0 Å². The molecule has 1 aliphatic rings. The molecule has 1 atom stereocenters. The zero-order chi connectivity index (χ0) is 14.5. The fourth-order valence-electron chi connectivity index (χ4n) is 2.56. The van der Waals surface area contributed by atoms with Gasteiger partial charge in [-0.15, -0.1) is 0 Å². The van der Waals surface area contributed by atoms with Crippen LogP contribution in [0.2, 0.25) is 0 Å². The smallest absolute Gasteiger partial charge is 0.308 e. The molecule has 1 amide bonds. The second-order valence-electron chi connectivity index (χ2n) is 5.26. The molecule has 0 bridgehead atoms. The van der Waals surface area contributed by atoms with Crippen molar-refractivity contribution in [1.29, 1.82) is 0 Å². The molecule has 1 unspecified atom stereocenters. The van der Waals surface area contributed by atoms with Crippen LogP contribution in [0.5, 0.6) is 0 Å². The van der Waals surface area contributed by atoms with Crippen LogP contribution in [0, 0.1) is 5.92 Å². The van der Waals surface area contributed by atoms with Gasteiger partial charge in [-0.3, -0.25) is 9.59 Å². The molecule has 1 aliphatic heterocycles. The molecule has 5 nitrogen and oxygen atoms in total. The van der Waals surface area contributed by atoms with E-state index in [1.54, 1.807) is 4.90 Å². The van der Waals surface area contributed by atoms with Gasteiger partial charge in [0, 0.05) is 25.2 Å². The largest absolute Gasteiger partial charge is 0.481 e. The van der Waals surface area contributed by atoms with Crippen LogP contribution in [0.3, 0.4) is 0 Å². The van der Waals surface area contributed by atoms with Gasteiger partial charge in [0.2, 0.25) is 5.91 Å². The number of carboxylic acid groups (broad SMARTS) is 1. The lowest BCUT2D eigenvalue weighted by atomic mass is 9.97. The summed E-state index contributed by atoms with van der Waals surface area (Å²) >= 11 is 0. The summed E-state index contributed by atoms with van der Waals surface area (Å²) in [6.45, 7) is 1.00. The molecule has 0 aliphatic carbocycles. The van der Waals surface area contributed by atoms with Gasteiger partial charge >= 0.3 is 5.97 Å². The zero-order valence-corrected chi connectivity index (χ0v) is 11.4. The Hall–Kier alpha value is -2.04. The van der Waals surface area contributed by atoms with Gasteiger partial charge in [0.25, 0.3) is 0 Å². The normalized spacial score (nSPS) is 18.8. The Labute approximate surface area is 118 Å². The lowest BCUT2D eigenvalue weighted by Crippen LogP contribution is -2.42. The number of benzene rings is 1. The summed E-state index contributed by atoms with van der Waals surface area (Å²) in [6, 6.07) is 7.49. The third kappa shape index (κ3) is 3.73. The third-order valence-corrected chi connectivity index (χ3v) is 3.70. The molecule has 20 heavy (non-hydrogen) atoms. The first-order valence-electron chi connectivity index (χ1n) is 6.91. The second-order valence-corrected chi connectivity index (χ2v) is 5.26. The lowest BCUT2D eigenvalue weighted by molar-refractivity contribution is -0.145. The van der Waals surface area contributed by atoms with Crippen molar-refractivity contribution in [3.8, 4) is 0 Å². The van der Waals surface area contributed by atoms with Crippen LogP contribution in [0.15, 0.2) is 24.3 Å². The molecule has 1 aromatic carbocycles. The van der Waals surface area contributed by atoms with E-state index in [4.69, 9.17) is 10.8 Å². The summed E-state index contributed by atoms with van der Waals surface area (Å²) in [5.74, 6) is -1.20. The molecule has 1 aromatic rings. The molecule has 5 heteroatoms. The Morgan fingerprint density at radius 3 is 2.90 bits per heavy atom. The quantitative estimate of drug-likeness (QED) is 0.817. The highest BCUT2D eigenvalue weighted by atomic mass is 16.4. The highest BCUT2D eigenvalue weighted by molar-refractivity contribution is 5.78. The maximum absolute atomic E-state index is 12.1. The molecule has 3 N–H and O–H groups in total. The van der Waals surface area contributed by atoms with Crippen molar-refractivity contribution in [3.05, 3.63) is 29.8 Å². The monoisotopic (exact) mass is 276 g/mol. The van der Waals surface area contributed by atoms with Crippen LogP contribution >= 0.6 is 0 Å².